The van der Waals surface area contributed by atoms with Gasteiger partial charge in [0.2, 0.25) is 0 Å². The van der Waals surface area contributed by atoms with E-state index in [-0.39, 0.29) is 0 Å². The van der Waals surface area contributed by atoms with E-state index in [0.29, 0.717) is 0 Å². The molecule has 0 aromatic heterocycles. The van der Waals surface area contributed by atoms with Crippen molar-refractivity contribution >= 4 is 30.9 Å². The van der Waals surface area contributed by atoms with Gasteiger partial charge in [-0.05, 0) is 36.7 Å². The molecular weight excluding hydrogens is 306 g/mol. The molecule has 0 aliphatic rings. The summed E-state index contributed by atoms with van der Waals surface area (Å²) in [4.78, 5) is 0. The maximum atomic E-state index is 5.79. The fourth-order valence-corrected chi connectivity index (χ4v) is 6.14. The molecule has 1 nitrogen and oxygen atoms in total. The lowest BCUT2D eigenvalue weighted by Gasteiger charge is -2.18. The molecule has 2 N–H and O–H groups in total. The quantitative estimate of drug-likeness (QED) is 0.575. The summed E-state index contributed by atoms with van der Waals surface area (Å²) in [6, 6.07) is 25.5. The Balaban J connectivity index is 2.04. The number of aryl methyl sites for hydroxylation is 2. The summed E-state index contributed by atoms with van der Waals surface area (Å²) in [5, 5.41) is 2.97. The van der Waals surface area contributed by atoms with E-state index in [2.05, 4.69) is 86.3 Å². The monoisotopic (exact) mass is 329 g/mol. The first-order valence-corrected chi connectivity index (χ1v) is 10.1. The predicted octanol–water partition coefficient (Wildman–Crippen LogP) is 3.48. The molecule has 0 amide bonds. The topological polar surface area (TPSA) is 26.0 Å². The molecule has 1 atom stereocenters. The van der Waals surface area contributed by atoms with Crippen LogP contribution in [0, 0.1) is 13.8 Å². The minimum absolute atomic E-state index is 0.804. The molecule has 0 fully saturated rings. The van der Waals surface area contributed by atoms with E-state index in [0.717, 1.165) is 5.69 Å². The van der Waals surface area contributed by atoms with Crippen molar-refractivity contribution in [2.45, 2.75) is 13.8 Å². The molecule has 0 spiro atoms. The summed E-state index contributed by atoms with van der Waals surface area (Å²) in [6.45, 7) is 4.45. The highest BCUT2D eigenvalue weighted by Gasteiger charge is 2.17. The highest BCUT2D eigenvalue weighted by atomic mass is 28.3. The van der Waals surface area contributed by atoms with Gasteiger partial charge in [0, 0.05) is 5.69 Å². The van der Waals surface area contributed by atoms with Crippen molar-refractivity contribution in [1.82, 2.24) is 0 Å². The molecule has 0 heterocycles. The summed E-state index contributed by atoms with van der Waals surface area (Å²) < 4.78 is 0. The second kappa shape index (κ2) is 7.32. The lowest BCUT2D eigenvalue weighted by molar-refractivity contribution is 1.43. The molecule has 3 aromatic rings. The fraction of sp³-hybridized carbons (Fsp3) is 0.0909. The molecule has 0 unspecified atom stereocenters. The zero-order valence-corrected chi connectivity index (χ0v) is 15.4. The normalized spacial score (nSPS) is 12.4. The minimum atomic E-state index is -1.42. The highest BCUT2D eigenvalue weighted by molar-refractivity contribution is 6.90. The van der Waals surface area contributed by atoms with E-state index in [1.54, 1.807) is 0 Å². The van der Waals surface area contributed by atoms with Crippen molar-refractivity contribution in [3.8, 4) is 0 Å². The van der Waals surface area contributed by atoms with E-state index < -0.39 is 8.80 Å². The lowest BCUT2D eigenvalue weighted by Crippen LogP contribution is -2.43. The van der Waals surface area contributed by atoms with Crippen molar-refractivity contribution in [2.24, 2.45) is 0 Å². The highest BCUT2D eigenvalue weighted by Crippen LogP contribution is 2.09. The lowest BCUT2D eigenvalue weighted by atomic mass is 10.2. The Kier molecular flexibility index (Phi) is 4.97. The van der Waals surface area contributed by atoms with E-state index >= 15 is 0 Å². The molecule has 24 heavy (non-hydrogen) atoms. The second-order valence-corrected chi connectivity index (χ2v) is 8.80. The van der Waals surface area contributed by atoms with Crippen LogP contribution in [-0.2, 0) is 0 Å². The van der Waals surface area contributed by atoms with Gasteiger partial charge in [-0.25, -0.2) is 0 Å². The van der Waals surface area contributed by atoms with Gasteiger partial charge >= 0.3 is 0 Å². The molecule has 0 saturated heterocycles. The number of anilines is 1. The Morgan fingerprint density at radius 1 is 0.750 bits per heavy atom. The molecule has 0 radical (unpaired) electrons. The zero-order valence-electron chi connectivity index (χ0n) is 14.2. The molecule has 120 valence electrons. The van der Waals surface area contributed by atoms with Crippen LogP contribution in [0.1, 0.15) is 16.7 Å². The smallest absolute Gasteiger partial charge is 0.126 e. The average molecular weight is 330 g/mol. The Morgan fingerprint density at radius 3 is 2.00 bits per heavy atom. The largest absolute Gasteiger partial charge is 0.399 e. The van der Waals surface area contributed by atoms with Crippen LogP contribution < -0.4 is 16.1 Å². The first kappa shape index (κ1) is 16.3. The van der Waals surface area contributed by atoms with E-state index in [1.165, 1.54) is 27.1 Å². The van der Waals surface area contributed by atoms with Gasteiger partial charge in [0.25, 0.3) is 0 Å². The third-order valence-electron chi connectivity index (χ3n) is 4.43. The molecule has 0 saturated carbocycles. The van der Waals surface area contributed by atoms with Crippen molar-refractivity contribution in [1.29, 1.82) is 0 Å². The standard InChI is InChI=1S/C22H23NSi/c1-17-7-6-8-18(2)22(17)24(21-9-4-3-5-10-21)16-15-19-11-13-20(23)14-12-19/h3-16,24H,23H2,1-2H3/b16-15+/t24-/m0/s1. The Hall–Kier alpha value is -2.58. The maximum Gasteiger partial charge on any atom is 0.126 e. The number of hydrogen-bond acceptors (Lipinski definition) is 1. The zero-order chi connectivity index (χ0) is 16.9. The van der Waals surface area contributed by atoms with Gasteiger partial charge in [0.05, 0.1) is 0 Å². The van der Waals surface area contributed by atoms with Gasteiger partial charge in [0.1, 0.15) is 8.80 Å². The van der Waals surface area contributed by atoms with Crippen LogP contribution in [-0.4, -0.2) is 8.80 Å². The van der Waals surface area contributed by atoms with E-state index in [1.807, 2.05) is 12.1 Å². The van der Waals surface area contributed by atoms with Crippen molar-refractivity contribution in [2.75, 3.05) is 5.73 Å². The number of benzene rings is 3. The molecule has 0 aliphatic carbocycles. The van der Waals surface area contributed by atoms with Crippen LogP contribution in [0.4, 0.5) is 5.69 Å². The summed E-state index contributed by atoms with van der Waals surface area (Å²) in [7, 11) is -1.42. The Morgan fingerprint density at radius 2 is 1.38 bits per heavy atom. The third kappa shape index (κ3) is 3.66. The SMILES string of the molecule is Cc1cccc(C)c1[Si@@H](/C=C/c1ccc(N)cc1)c1ccccc1. The molecular formula is C22H23NSi. The molecule has 3 rings (SSSR count). The first-order valence-electron chi connectivity index (χ1n) is 8.30. The number of rotatable bonds is 4. The summed E-state index contributed by atoms with van der Waals surface area (Å²) >= 11 is 0. The number of nitrogen functional groups attached to an aromatic ring is 1. The first-order chi connectivity index (χ1) is 11.6. The van der Waals surface area contributed by atoms with E-state index in [4.69, 9.17) is 5.73 Å². The van der Waals surface area contributed by atoms with Crippen molar-refractivity contribution < 1.29 is 0 Å². The van der Waals surface area contributed by atoms with Crippen molar-refractivity contribution in [3.05, 3.63) is 95.2 Å². The Bertz CT molecular complexity index is 815. The second-order valence-electron chi connectivity index (χ2n) is 6.22. The number of nitrogens with two attached hydrogens (primary N) is 1. The van der Waals surface area contributed by atoms with Gasteiger partial charge < -0.3 is 5.73 Å². The molecule has 0 aliphatic heterocycles. The van der Waals surface area contributed by atoms with Crippen LogP contribution in [0.15, 0.2) is 78.5 Å². The van der Waals surface area contributed by atoms with Gasteiger partial charge in [-0.15, -0.1) is 0 Å². The Labute approximate surface area is 146 Å². The van der Waals surface area contributed by atoms with Crippen molar-refractivity contribution in [3.63, 3.8) is 0 Å². The summed E-state index contributed by atoms with van der Waals surface area (Å²) in [5.41, 5.74) is 13.0. The van der Waals surface area contributed by atoms with Crippen LogP contribution in [0.5, 0.6) is 0 Å². The van der Waals surface area contributed by atoms with Gasteiger partial charge in [-0.2, -0.15) is 0 Å². The average Bonchev–Trinajstić information content (AvgIpc) is 2.60. The van der Waals surface area contributed by atoms with Crippen LogP contribution in [0.2, 0.25) is 0 Å². The van der Waals surface area contributed by atoms with Gasteiger partial charge in [-0.3, -0.25) is 0 Å². The third-order valence-corrected chi connectivity index (χ3v) is 7.64. The fourth-order valence-electron chi connectivity index (χ4n) is 3.17. The van der Waals surface area contributed by atoms with Gasteiger partial charge in [-0.1, -0.05) is 88.8 Å². The van der Waals surface area contributed by atoms with Crippen LogP contribution in [0.3, 0.4) is 0 Å². The minimum Gasteiger partial charge on any atom is -0.399 e. The van der Waals surface area contributed by atoms with Crippen LogP contribution >= 0.6 is 0 Å². The maximum absolute atomic E-state index is 5.79. The molecule has 3 aromatic carbocycles. The predicted molar refractivity (Wildman–Crippen MR) is 109 cm³/mol. The summed E-state index contributed by atoms with van der Waals surface area (Å²) in [5.74, 6) is 0. The summed E-state index contributed by atoms with van der Waals surface area (Å²) in [6.07, 6.45) is 2.25. The van der Waals surface area contributed by atoms with Crippen LogP contribution in [0.25, 0.3) is 6.08 Å². The molecule has 0 bridgehead atoms. The number of hydrogen-bond donors (Lipinski definition) is 1. The van der Waals surface area contributed by atoms with E-state index in [9.17, 15) is 0 Å². The van der Waals surface area contributed by atoms with Gasteiger partial charge in [0.15, 0.2) is 0 Å². The molecule has 2 heteroatoms.